The summed E-state index contributed by atoms with van der Waals surface area (Å²) in [6.07, 6.45) is 2.29. The van der Waals surface area contributed by atoms with Gasteiger partial charge in [-0.25, -0.2) is 0 Å². The van der Waals surface area contributed by atoms with Gasteiger partial charge >= 0.3 is 0 Å². The summed E-state index contributed by atoms with van der Waals surface area (Å²) >= 11 is 0. The van der Waals surface area contributed by atoms with Gasteiger partial charge in [0.2, 0.25) is 5.91 Å². The summed E-state index contributed by atoms with van der Waals surface area (Å²) in [7, 11) is 0. The van der Waals surface area contributed by atoms with Crippen LogP contribution in [-0.2, 0) is 24.1 Å². The van der Waals surface area contributed by atoms with E-state index in [2.05, 4.69) is 17.4 Å². The third-order valence-electron chi connectivity index (χ3n) is 3.97. The molecule has 0 saturated carbocycles. The second-order valence-corrected chi connectivity index (χ2v) is 5.80. The van der Waals surface area contributed by atoms with Crippen molar-refractivity contribution in [1.82, 2.24) is 5.32 Å². The Morgan fingerprint density at radius 3 is 2.73 bits per heavy atom. The zero-order valence-corrected chi connectivity index (χ0v) is 12.9. The lowest BCUT2D eigenvalue weighted by atomic mass is 10.1. The molecule has 1 N–H and O–H groups in total. The zero-order chi connectivity index (χ0) is 15.4. The number of benzene rings is 2. The molecule has 0 fully saturated rings. The number of rotatable bonds is 5. The summed E-state index contributed by atoms with van der Waals surface area (Å²) in [6.45, 7) is 3.50. The van der Waals surface area contributed by atoms with Crippen molar-refractivity contribution in [2.75, 3.05) is 13.2 Å². The molecule has 0 aromatic heterocycles. The van der Waals surface area contributed by atoms with Gasteiger partial charge in [-0.1, -0.05) is 42.0 Å². The monoisotopic (exact) mass is 295 g/mol. The topological polar surface area (TPSA) is 38.3 Å². The maximum absolute atomic E-state index is 11.9. The summed E-state index contributed by atoms with van der Waals surface area (Å²) in [5.41, 5.74) is 4.80. The Morgan fingerprint density at radius 2 is 1.91 bits per heavy atom. The van der Waals surface area contributed by atoms with E-state index in [1.807, 2.05) is 37.3 Å². The van der Waals surface area contributed by atoms with Crippen LogP contribution in [0.1, 0.15) is 22.3 Å². The van der Waals surface area contributed by atoms with Crippen molar-refractivity contribution in [3.05, 3.63) is 64.7 Å². The van der Waals surface area contributed by atoms with E-state index in [-0.39, 0.29) is 5.91 Å². The van der Waals surface area contributed by atoms with Gasteiger partial charge in [0.1, 0.15) is 5.75 Å². The van der Waals surface area contributed by atoms with E-state index >= 15 is 0 Å². The molecule has 3 nitrogen and oxygen atoms in total. The number of amides is 1. The fourth-order valence-corrected chi connectivity index (χ4v) is 2.70. The summed E-state index contributed by atoms with van der Waals surface area (Å²) in [6, 6.07) is 14.4. The molecule has 1 heterocycles. The minimum Gasteiger partial charge on any atom is -0.493 e. The van der Waals surface area contributed by atoms with Crippen LogP contribution in [0.25, 0.3) is 0 Å². The number of aryl methyl sites for hydroxylation is 1. The Bertz CT molecular complexity index is 662. The van der Waals surface area contributed by atoms with E-state index in [0.29, 0.717) is 13.0 Å². The van der Waals surface area contributed by atoms with Gasteiger partial charge in [0.15, 0.2) is 0 Å². The van der Waals surface area contributed by atoms with Gasteiger partial charge in [-0.15, -0.1) is 0 Å². The van der Waals surface area contributed by atoms with Gasteiger partial charge in [0, 0.05) is 13.0 Å². The highest BCUT2D eigenvalue weighted by molar-refractivity contribution is 5.78. The van der Waals surface area contributed by atoms with Crippen LogP contribution >= 0.6 is 0 Å². The Hall–Kier alpha value is -2.29. The Morgan fingerprint density at radius 1 is 1.14 bits per heavy atom. The minimum atomic E-state index is 0.0772. The SMILES string of the molecule is Cc1ccc(CC(=O)NCCc2ccc3c(c2)CCO3)cc1. The largest absolute Gasteiger partial charge is 0.493 e. The molecule has 0 spiro atoms. The van der Waals surface area contributed by atoms with Crippen molar-refractivity contribution in [3.63, 3.8) is 0 Å². The van der Waals surface area contributed by atoms with Crippen LogP contribution in [-0.4, -0.2) is 19.1 Å². The molecule has 1 amide bonds. The number of fused-ring (bicyclic) bond motifs is 1. The molecule has 1 aliphatic heterocycles. The second-order valence-electron chi connectivity index (χ2n) is 5.80. The molecule has 0 atom stereocenters. The van der Waals surface area contributed by atoms with Crippen molar-refractivity contribution in [2.24, 2.45) is 0 Å². The number of ether oxygens (including phenoxy) is 1. The van der Waals surface area contributed by atoms with Crippen LogP contribution in [0.2, 0.25) is 0 Å². The lowest BCUT2D eigenvalue weighted by Gasteiger charge is -2.07. The highest BCUT2D eigenvalue weighted by atomic mass is 16.5. The van der Waals surface area contributed by atoms with Crippen LogP contribution < -0.4 is 10.1 Å². The summed E-state index contributed by atoms with van der Waals surface area (Å²) in [4.78, 5) is 11.9. The Balaban J connectivity index is 1.46. The van der Waals surface area contributed by atoms with E-state index in [4.69, 9.17) is 4.74 Å². The number of hydrogen-bond acceptors (Lipinski definition) is 2. The average Bonchev–Trinajstić information content (AvgIpc) is 2.97. The van der Waals surface area contributed by atoms with E-state index in [1.165, 1.54) is 16.7 Å². The number of carbonyl (C=O) groups is 1. The predicted octanol–water partition coefficient (Wildman–Crippen LogP) is 2.83. The molecular formula is C19H21NO2. The molecule has 3 rings (SSSR count). The highest BCUT2D eigenvalue weighted by Crippen LogP contribution is 2.25. The second kappa shape index (κ2) is 6.65. The third-order valence-corrected chi connectivity index (χ3v) is 3.97. The predicted molar refractivity (Wildman–Crippen MR) is 87.2 cm³/mol. The van der Waals surface area contributed by atoms with Gasteiger partial charge in [-0.2, -0.15) is 0 Å². The standard InChI is InChI=1S/C19H21NO2/c1-14-2-4-15(5-3-14)13-19(21)20-10-8-16-6-7-18-17(12-16)9-11-22-18/h2-7,12H,8-11,13H2,1H3,(H,20,21). The first-order valence-electron chi connectivity index (χ1n) is 7.77. The van der Waals surface area contributed by atoms with Crippen LogP contribution in [0.5, 0.6) is 5.75 Å². The normalized spacial score (nSPS) is 12.6. The molecule has 114 valence electrons. The maximum atomic E-state index is 11.9. The fraction of sp³-hybridized carbons (Fsp3) is 0.316. The maximum Gasteiger partial charge on any atom is 0.224 e. The van der Waals surface area contributed by atoms with Crippen LogP contribution in [0.15, 0.2) is 42.5 Å². The molecule has 2 aromatic carbocycles. The van der Waals surface area contributed by atoms with E-state index in [9.17, 15) is 4.79 Å². The number of carbonyl (C=O) groups excluding carboxylic acids is 1. The molecule has 22 heavy (non-hydrogen) atoms. The first-order valence-corrected chi connectivity index (χ1v) is 7.77. The number of hydrogen-bond donors (Lipinski definition) is 1. The minimum absolute atomic E-state index is 0.0772. The summed E-state index contributed by atoms with van der Waals surface area (Å²) < 4.78 is 5.50. The molecule has 0 bridgehead atoms. The van der Waals surface area contributed by atoms with Gasteiger partial charge in [-0.3, -0.25) is 4.79 Å². The van der Waals surface area contributed by atoms with Crippen molar-refractivity contribution >= 4 is 5.91 Å². The van der Waals surface area contributed by atoms with Gasteiger partial charge in [0.05, 0.1) is 13.0 Å². The van der Waals surface area contributed by atoms with E-state index in [0.717, 1.165) is 30.8 Å². The van der Waals surface area contributed by atoms with Crippen LogP contribution in [0, 0.1) is 6.92 Å². The highest BCUT2D eigenvalue weighted by Gasteiger charge is 2.11. The molecule has 0 aliphatic carbocycles. The third kappa shape index (κ3) is 3.67. The lowest BCUT2D eigenvalue weighted by molar-refractivity contribution is -0.120. The fourth-order valence-electron chi connectivity index (χ4n) is 2.70. The molecule has 0 radical (unpaired) electrons. The van der Waals surface area contributed by atoms with E-state index in [1.54, 1.807) is 0 Å². The summed E-state index contributed by atoms with van der Waals surface area (Å²) in [5.74, 6) is 1.08. The average molecular weight is 295 g/mol. The summed E-state index contributed by atoms with van der Waals surface area (Å²) in [5, 5.41) is 2.99. The molecule has 0 saturated heterocycles. The zero-order valence-electron chi connectivity index (χ0n) is 12.9. The van der Waals surface area contributed by atoms with Gasteiger partial charge in [-0.05, 0) is 36.1 Å². The Labute approximate surface area is 131 Å². The van der Waals surface area contributed by atoms with Gasteiger partial charge < -0.3 is 10.1 Å². The van der Waals surface area contributed by atoms with Crippen LogP contribution in [0.4, 0.5) is 0 Å². The van der Waals surface area contributed by atoms with Crippen molar-refractivity contribution in [1.29, 1.82) is 0 Å². The molecule has 3 heteroatoms. The van der Waals surface area contributed by atoms with Gasteiger partial charge in [0.25, 0.3) is 0 Å². The lowest BCUT2D eigenvalue weighted by Crippen LogP contribution is -2.27. The van der Waals surface area contributed by atoms with Crippen molar-refractivity contribution < 1.29 is 9.53 Å². The molecular weight excluding hydrogens is 274 g/mol. The Kier molecular flexibility index (Phi) is 4.42. The molecule has 2 aromatic rings. The van der Waals surface area contributed by atoms with E-state index < -0.39 is 0 Å². The molecule has 0 unspecified atom stereocenters. The van der Waals surface area contributed by atoms with Crippen molar-refractivity contribution in [2.45, 2.75) is 26.2 Å². The smallest absolute Gasteiger partial charge is 0.224 e. The van der Waals surface area contributed by atoms with Crippen molar-refractivity contribution in [3.8, 4) is 5.75 Å². The molecule has 1 aliphatic rings. The first-order chi connectivity index (χ1) is 10.7. The number of nitrogens with one attached hydrogen (secondary N) is 1. The van der Waals surface area contributed by atoms with Crippen LogP contribution in [0.3, 0.4) is 0 Å². The first kappa shape index (κ1) is 14.6. The quantitative estimate of drug-likeness (QED) is 0.921.